The predicted octanol–water partition coefficient (Wildman–Crippen LogP) is 3.73. The Morgan fingerprint density at radius 1 is 1.14 bits per heavy atom. The molecular weight excluding hydrogens is 262 g/mol. The third-order valence-electron chi connectivity index (χ3n) is 3.71. The molecule has 1 heterocycles. The van der Waals surface area contributed by atoms with Gasteiger partial charge in [0.25, 0.3) is 5.91 Å². The van der Waals surface area contributed by atoms with Crippen LogP contribution in [0.15, 0.2) is 36.7 Å². The van der Waals surface area contributed by atoms with E-state index in [1.807, 2.05) is 24.3 Å². The Labute approximate surface area is 124 Å². The van der Waals surface area contributed by atoms with Crippen molar-refractivity contribution < 1.29 is 4.79 Å². The Bertz CT molecular complexity index is 628. The van der Waals surface area contributed by atoms with Gasteiger partial charge >= 0.3 is 0 Å². The zero-order valence-corrected chi connectivity index (χ0v) is 12.3. The second kappa shape index (κ2) is 5.64. The number of carbonyl (C=O) groups excluding carboxylic acids is 1. The number of nitrogens with zero attached hydrogens (tertiary/aromatic N) is 2. The third-order valence-corrected chi connectivity index (χ3v) is 3.71. The highest BCUT2D eigenvalue weighted by Gasteiger charge is 2.26. The van der Waals surface area contributed by atoms with Crippen LogP contribution in [0.1, 0.15) is 60.3 Å². The first-order valence-corrected chi connectivity index (χ1v) is 7.37. The quantitative estimate of drug-likeness (QED) is 0.929. The summed E-state index contributed by atoms with van der Waals surface area (Å²) in [7, 11) is 0. The van der Waals surface area contributed by atoms with Crippen molar-refractivity contribution in [3.05, 3.63) is 53.6 Å². The SMILES string of the molecule is CC(C)c1ccc(NC(=O)c2cnc(C3CC3)nc2)cc1. The first-order valence-electron chi connectivity index (χ1n) is 7.37. The summed E-state index contributed by atoms with van der Waals surface area (Å²) in [6.07, 6.45) is 5.54. The maximum Gasteiger partial charge on any atom is 0.258 e. The molecule has 0 saturated heterocycles. The van der Waals surface area contributed by atoms with E-state index >= 15 is 0 Å². The summed E-state index contributed by atoms with van der Waals surface area (Å²) in [4.78, 5) is 20.7. The van der Waals surface area contributed by atoms with Gasteiger partial charge in [-0.15, -0.1) is 0 Å². The van der Waals surface area contributed by atoms with E-state index < -0.39 is 0 Å². The normalized spacial score (nSPS) is 14.2. The molecule has 1 aromatic carbocycles. The van der Waals surface area contributed by atoms with Crippen LogP contribution in [0.2, 0.25) is 0 Å². The van der Waals surface area contributed by atoms with Crippen molar-refractivity contribution in [3.63, 3.8) is 0 Å². The monoisotopic (exact) mass is 281 g/mol. The van der Waals surface area contributed by atoms with Crippen LogP contribution in [0.3, 0.4) is 0 Å². The highest BCUT2D eigenvalue weighted by molar-refractivity contribution is 6.03. The van der Waals surface area contributed by atoms with Gasteiger partial charge in [-0.25, -0.2) is 9.97 Å². The number of amides is 1. The highest BCUT2D eigenvalue weighted by atomic mass is 16.1. The number of rotatable bonds is 4. The lowest BCUT2D eigenvalue weighted by Crippen LogP contribution is -2.13. The Kier molecular flexibility index (Phi) is 3.69. The van der Waals surface area contributed by atoms with Gasteiger partial charge in [0.15, 0.2) is 0 Å². The van der Waals surface area contributed by atoms with Gasteiger partial charge in [-0.3, -0.25) is 4.79 Å². The van der Waals surface area contributed by atoms with Crippen molar-refractivity contribution in [3.8, 4) is 0 Å². The van der Waals surface area contributed by atoms with E-state index in [1.165, 1.54) is 5.56 Å². The van der Waals surface area contributed by atoms with Crippen LogP contribution < -0.4 is 5.32 Å². The maximum absolute atomic E-state index is 12.1. The van der Waals surface area contributed by atoms with E-state index in [9.17, 15) is 4.79 Å². The number of hydrogen-bond acceptors (Lipinski definition) is 3. The molecule has 1 fully saturated rings. The van der Waals surface area contributed by atoms with Gasteiger partial charge in [-0.05, 0) is 36.5 Å². The smallest absolute Gasteiger partial charge is 0.258 e. The molecular formula is C17H19N3O. The molecule has 0 atom stereocenters. The molecule has 4 heteroatoms. The molecule has 2 aromatic rings. The van der Waals surface area contributed by atoms with Gasteiger partial charge in [-0.1, -0.05) is 26.0 Å². The van der Waals surface area contributed by atoms with E-state index in [2.05, 4.69) is 29.1 Å². The molecule has 1 N–H and O–H groups in total. The fourth-order valence-electron chi connectivity index (χ4n) is 2.16. The molecule has 1 aliphatic carbocycles. The van der Waals surface area contributed by atoms with E-state index in [4.69, 9.17) is 0 Å². The van der Waals surface area contributed by atoms with Gasteiger partial charge in [0, 0.05) is 24.0 Å². The summed E-state index contributed by atoms with van der Waals surface area (Å²) in [6, 6.07) is 7.92. The minimum absolute atomic E-state index is 0.172. The summed E-state index contributed by atoms with van der Waals surface area (Å²) < 4.78 is 0. The molecule has 1 aromatic heterocycles. The van der Waals surface area contributed by atoms with Crippen LogP contribution in [-0.4, -0.2) is 15.9 Å². The average molecular weight is 281 g/mol. The van der Waals surface area contributed by atoms with Crippen molar-refractivity contribution in [2.24, 2.45) is 0 Å². The summed E-state index contributed by atoms with van der Waals surface area (Å²) in [5.74, 6) is 1.67. The third kappa shape index (κ3) is 3.27. The molecule has 0 spiro atoms. The molecule has 1 aliphatic rings. The zero-order chi connectivity index (χ0) is 14.8. The lowest BCUT2D eigenvalue weighted by atomic mass is 10.0. The molecule has 21 heavy (non-hydrogen) atoms. The van der Waals surface area contributed by atoms with Crippen molar-refractivity contribution in [2.45, 2.75) is 38.5 Å². The van der Waals surface area contributed by atoms with Gasteiger partial charge in [-0.2, -0.15) is 0 Å². The second-order valence-electron chi connectivity index (χ2n) is 5.84. The van der Waals surface area contributed by atoms with Crippen molar-refractivity contribution in [2.75, 3.05) is 5.32 Å². The Morgan fingerprint density at radius 2 is 1.76 bits per heavy atom. The largest absolute Gasteiger partial charge is 0.322 e. The summed E-state index contributed by atoms with van der Waals surface area (Å²) >= 11 is 0. The molecule has 0 radical (unpaired) electrons. The zero-order valence-electron chi connectivity index (χ0n) is 12.3. The van der Waals surface area contributed by atoms with Gasteiger partial charge in [0.05, 0.1) is 5.56 Å². The van der Waals surface area contributed by atoms with Crippen molar-refractivity contribution in [1.29, 1.82) is 0 Å². The Hall–Kier alpha value is -2.23. The molecule has 3 rings (SSSR count). The number of hydrogen-bond donors (Lipinski definition) is 1. The minimum Gasteiger partial charge on any atom is -0.322 e. The molecule has 0 unspecified atom stereocenters. The number of nitrogens with one attached hydrogen (secondary N) is 1. The highest BCUT2D eigenvalue weighted by Crippen LogP contribution is 2.37. The molecule has 4 nitrogen and oxygen atoms in total. The molecule has 0 bridgehead atoms. The fraction of sp³-hybridized carbons (Fsp3) is 0.353. The standard InChI is InChI=1S/C17H19N3O/c1-11(2)12-5-7-15(8-6-12)20-17(21)14-9-18-16(19-10-14)13-3-4-13/h5-11,13H,3-4H2,1-2H3,(H,20,21). The van der Waals surface area contributed by atoms with Crippen LogP contribution in [0, 0.1) is 0 Å². The number of carbonyl (C=O) groups is 1. The molecule has 0 aliphatic heterocycles. The van der Waals surface area contributed by atoms with Crippen molar-refractivity contribution >= 4 is 11.6 Å². The van der Waals surface area contributed by atoms with E-state index in [-0.39, 0.29) is 5.91 Å². The number of benzene rings is 1. The predicted molar refractivity (Wildman–Crippen MR) is 82.5 cm³/mol. The van der Waals surface area contributed by atoms with Crippen LogP contribution in [0.25, 0.3) is 0 Å². The van der Waals surface area contributed by atoms with Crippen LogP contribution in [0.5, 0.6) is 0 Å². The molecule has 1 saturated carbocycles. The van der Waals surface area contributed by atoms with E-state index in [1.54, 1.807) is 12.4 Å². The summed E-state index contributed by atoms with van der Waals surface area (Å²) in [5, 5.41) is 2.87. The van der Waals surface area contributed by atoms with Crippen LogP contribution >= 0.6 is 0 Å². The first kappa shape index (κ1) is 13.7. The van der Waals surface area contributed by atoms with Crippen LogP contribution in [0.4, 0.5) is 5.69 Å². The van der Waals surface area contributed by atoms with E-state index in [0.717, 1.165) is 24.4 Å². The maximum atomic E-state index is 12.1. The van der Waals surface area contributed by atoms with Gasteiger partial charge < -0.3 is 5.32 Å². The number of anilines is 1. The fourth-order valence-corrected chi connectivity index (χ4v) is 2.16. The minimum atomic E-state index is -0.172. The number of aromatic nitrogens is 2. The second-order valence-corrected chi connectivity index (χ2v) is 5.84. The Balaban J connectivity index is 1.67. The van der Waals surface area contributed by atoms with Gasteiger partial charge in [0.1, 0.15) is 5.82 Å². The first-order chi connectivity index (χ1) is 10.1. The van der Waals surface area contributed by atoms with Crippen LogP contribution in [-0.2, 0) is 0 Å². The summed E-state index contributed by atoms with van der Waals surface area (Å²) in [6.45, 7) is 4.29. The topological polar surface area (TPSA) is 54.9 Å². The molecule has 1 amide bonds. The van der Waals surface area contributed by atoms with Gasteiger partial charge in [0.2, 0.25) is 0 Å². The Morgan fingerprint density at radius 3 is 2.29 bits per heavy atom. The summed E-state index contributed by atoms with van der Waals surface area (Å²) in [5.41, 5.74) is 2.54. The average Bonchev–Trinajstić information content (AvgIpc) is 3.32. The lowest BCUT2D eigenvalue weighted by molar-refractivity contribution is 0.102. The molecule has 108 valence electrons. The van der Waals surface area contributed by atoms with Crippen molar-refractivity contribution in [1.82, 2.24) is 9.97 Å². The van der Waals surface area contributed by atoms with E-state index in [0.29, 0.717) is 17.4 Å². The lowest BCUT2D eigenvalue weighted by Gasteiger charge is -2.08.